The third-order valence-corrected chi connectivity index (χ3v) is 4.73. The number of benzene rings is 1. The molecule has 1 aromatic heterocycles. The van der Waals surface area contributed by atoms with E-state index in [1.54, 1.807) is 29.2 Å². The first kappa shape index (κ1) is 19.3. The van der Waals surface area contributed by atoms with Gasteiger partial charge in [0.1, 0.15) is 0 Å². The van der Waals surface area contributed by atoms with Gasteiger partial charge in [-0.25, -0.2) is 0 Å². The Morgan fingerprint density at radius 2 is 1.96 bits per heavy atom. The maximum Gasteiger partial charge on any atom is 0.276 e. The van der Waals surface area contributed by atoms with E-state index in [0.29, 0.717) is 49.8 Å². The molecule has 0 radical (unpaired) electrons. The van der Waals surface area contributed by atoms with Gasteiger partial charge in [0.2, 0.25) is 0 Å². The van der Waals surface area contributed by atoms with Crippen LogP contribution in [0, 0.1) is 0 Å². The van der Waals surface area contributed by atoms with Crippen molar-refractivity contribution in [2.45, 2.75) is 13.0 Å². The van der Waals surface area contributed by atoms with Crippen molar-refractivity contribution in [3.05, 3.63) is 46.8 Å². The van der Waals surface area contributed by atoms with Gasteiger partial charge in [-0.15, -0.1) is 12.4 Å². The molecule has 1 aromatic carbocycles. The molecule has 1 saturated heterocycles. The minimum absolute atomic E-state index is 0. The van der Waals surface area contributed by atoms with Gasteiger partial charge in [-0.1, -0.05) is 12.1 Å². The van der Waals surface area contributed by atoms with Crippen molar-refractivity contribution >= 4 is 29.9 Å². The Hall–Kier alpha value is -2.42. The molecule has 1 fully saturated rings. The number of rotatable bonds is 3. The number of para-hydroxylation sites is 1. The second-order valence-electron chi connectivity index (χ2n) is 6.36. The van der Waals surface area contributed by atoms with E-state index < -0.39 is 0 Å². The molecule has 2 aliphatic rings. The first-order valence-corrected chi connectivity index (χ1v) is 8.78. The molecule has 2 amide bonds. The quantitative estimate of drug-likeness (QED) is 0.730. The third-order valence-electron chi connectivity index (χ3n) is 4.73. The summed E-state index contributed by atoms with van der Waals surface area (Å²) < 4.78 is 5.30. The van der Waals surface area contributed by atoms with E-state index in [1.807, 2.05) is 0 Å². The molecule has 3 N–H and O–H groups in total. The van der Waals surface area contributed by atoms with Crippen LogP contribution in [0.15, 0.2) is 24.3 Å². The molecule has 144 valence electrons. The Balaban J connectivity index is 0.00000210. The van der Waals surface area contributed by atoms with Crippen LogP contribution in [0.2, 0.25) is 0 Å². The number of fused-ring (bicyclic) bond motifs is 1. The van der Waals surface area contributed by atoms with Crippen molar-refractivity contribution < 1.29 is 14.3 Å². The Morgan fingerprint density at radius 3 is 2.78 bits per heavy atom. The normalized spacial score (nSPS) is 16.2. The summed E-state index contributed by atoms with van der Waals surface area (Å²) >= 11 is 0. The fourth-order valence-electron chi connectivity index (χ4n) is 3.31. The van der Waals surface area contributed by atoms with Crippen LogP contribution in [0.5, 0.6) is 0 Å². The molecule has 0 unspecified atom stereocenters. The van der Waals surface area contributed by atoms with E-state index in [9.17, 15) is 9.59 Å². The van der Waals surface area contributed by atoms with Crippen molar-refractivity contribution in [2.24, 2.45) is 0 Å². The van der Waals surface area contributed by atoms with Gasteiger partial charge in [0.15, 0.2) is 5.69 Å². The van der Waals surface area contributed by atoms with Crippen LogP contribution in [-0.4, -0.2) is 59.8 Å². The number of H-pyrrole nitrogens is 1. The Labute approximate surface area is 163 Å². The fourth-order valence-corrected chi connectivity index (χ4v) is 3.31. The molecule has 8 nitrogen and oxygen atoms in total. The Kier molecular flexibility index (Phi) is 6.10. The number of carbonyl (C=O) groups excluding carboxylic acids is 2. The van der Waals surface area contributed by atoms with Crippen LogP contribution in [0.1, 0.15) is 32.1 Å². The van der Waals surface area contributed by atoms with E-state index in [0.717, 1.165) is 24.2 Å². The molecule has 2 aromatic rings. The molecule has 4 rings (SSSR count). The summed E-state index contributed by atoms with van der Waals surface area (Å²) in [6.45, 7) is 3.66. The summed E-state index contributed by atoms with van der Waals surface area (Å²) in [6, 6.07) is 7.06. The van der Waals surface area contributed by atoms with Gasteiger partial charge in [-0.2, -0.15) is 5.10 Å². The molecule has 9 heteroatoms. The minimum Gasteiger partial charge on any atom is -0.378 e. The van der Waals surface area contributed by atoms with Crippen LogP contribution < -0.4 is 10.6 Å². The van der Waals surface area contributed by atoms with Crippen molar-refractivity contribution in [1.29, 1.82) is 0 Å². The van der Waals surface area contributed by atoms with Gasteiger partial charge in [-0.3, -0.25) is 14.7 Å². The van der Waals surface area contributed by atoms with Crippen LogP contribution in [-0.2, 0) is 17.7 Å². The summed E-state index contributed by atoms with van der Waals surface area (Å²) in [5.41, 5.74) is 3.23. The lowest BCUT2D eigenvalue weighted by Gasteiger charge is -2.27. The first-order chi connectivity index (χ1) is 12.7. The van der Waals surface area contributed by atoms with E-state index in [2.05, 4.69) is 20.8 Å². The maximum absolute atomic E-state index is 12.8. The SMILES string of the molecule is Cl.O=C(Nc1ccccc1C(=O)N1CCOCC1)c1n[nH]c2c1CNCC2. The number of hydrogen-bond acceptors (Lipinski definition) is 5. The lowest BCUT2D eigenvalue weighted by molar-refractivity contribution is 0.0303. The highest BCUT2D eigenvalue weighted by Gasteiger charge is 2.24. The van der Waals surface area contributed by atoms with E-state index in [-0.39, 0.29) is 24.2 Å². The number of hydrogen-bond donors (Lipinski definition) is 3. The zero-order valence-corrected chi connectivity index (χ0v) is 15.6. The first-order valence-electron chi connectivity index (χ1n) is 8.78. The average molecular weight is 392 g/mol. The molecule has 2 aliphatic heterocycles. The highest BCUT2D eigenvalue weighted by Crippen LogP contribution is 2.21. The number of nitrogens with one attached hydrogen (secondary N) is 3. The highest BCUT2D eigenvalue weighted by molar-refractivity contribution is 6.08. The van der Waals surface area contributed by atoms with E-state index in [1.165, 1.54) is 0 Å². The van der Waals surface area contributed by atoms with Crippen molar-refractivity contribution in [1.82, 2.24) is 20.4 Å². The number of anilines is 1. The smallest absolute Gasteiger partial charge is 0.276 e. The van der Waals surface area contributed by atoms with Gasteiger partial charge in [0.05, 0.1) is 24.5 Å². The largest absolute Gasteiger partial charge is 0.378 e. The molecular formula is C18H22ClN5O3. The summed E-state index contributed by atoms with van der Waals surface area (Å²) in [4.78, 5) is 27.3. The van der Waals surface area contributed by atoms with Crippen molar-refractivity contribution in [3.8, 4) is 0 Å². The molecule has 0 saturated carbocycles. The monoisotopic (exact) mass is 391 g/mol. The Bertz CT molecular complexity index is 832. The number of nitrogens with zero attached hydrogens (tertiary/aromatic N) is 2. The Morgan fingerprint density at radius 1 is 1.19 bits per heavy atom. The van der Waals surface area contributed by atoms with Crippen molar-refractivity contribution in [3.63, 3.8) is 0 Å². The lowest BCUT2D eigenvalue weighted by Crippen LogP contribution is -2.41. The number of ether oxygens (including phenoxy) is 1. The summed E-state index contributed by atoms with van der Waals surface area (Å²) in [7, 11) is 0. The second kappa shape index (κ2) is 8.51. The van der Waals surface area contributed by atoms with Crippen LogP contribution in [0.4, 0.5) is 5.69 Å². The summed E-state index contributed by atoms with van der Waals surface area (Å²) in [6.07, 6.45) is 0.821. The minimum atomic E-state index is -0.312. The number of amides is 2. The van der Waals surface area contributed by atoms with Crippen LogP contribution >= 0.6 is 12.4 Å². The predicted molar refractivity (Wildman–Crippen MR) is 102 cm³/mol. The molecule has 0 aliphatic carbocycles. The summed E-state index contributed by atoms with van der Waals surface area (Å²) in [5, 5.41) is 13.2. The molecule has 0 atom stereocenters. The third kappa shape index (κ3) is 3.97. The zero-order chi connectivity index (χ0) is 17.9. The number of halogens is 1. The van der Waals surface area contributed by atoms with E-state index >= 15 is 0 Å². The van der Waals surface area contributed by atoms with Gasteiger partial charge in [0, 0.05) is 43.9 Å². The molecule has 0 spiro atoms. The molecular weight excluding hydrogens is 370 g/mol. The number of aromatic nitrogens is 2. The lowest BCUT2D eigenvalue weighted by atomic mass is 10.1. The predicted octanol–water partition coefficient (Wildman–Crippen LogP) is 1.20. The maximum atomic E-state index is 12.8. The standard InChI is InChI=1S/C18H21N5O3.ClH/c24-17(16-13-11-19-6-5-15(13)21-22-16)20-14-4-2-1-3-12(14)18(25)23-7-9-26-10-8-23;/h1-4,19H,5-11H2,(H,20,24)(H,21,22);1H. The van der Waals surface area contributed by atoms with Gasteiger partial charge >= 0.3 is 0 Å². The zero-order valence-electron chi connectivity index (χ0n) is 14.8. The highest BCUT2D eigenvalue weighted by atomic mass is 35.5. The van der Waals surface area contributed by atoms with Gasteiger partial charge < -0.3 is 20.3 Å². The molecule has 3 heterocycles. The van der Waals surface area contributed by atoms with Gasteiger partial charge in [0.25, 0.3) is 11.8 Å². The molecule has 27 heavy (non-hydrogen) atoms. The topological polar surface area (TPSA) is 99.3 Å². The van der Waals surface area contributed by atoms with Crippen molar-refractivity contribution in [2.75, 3.05) is 38.2 Å². The molecule has 0 bridgehead atoms. The van der Waals surface area contributed by atoms with Crippen LogP contribution in [0.25, 0.3) is 0 Å². The average Bonchev–Trinajstić information content (AvgIpc) is 3.13. The fraction of sp³-hybridized carbons (Fsp3) is 0.389. The number of carbonyl (C=O) groups is 2. The second-order valence-corrected chi connectivity index (χ2v) is 6.36. The van der Waals surface area contributed by atoms with Crippen LogP contribution in [0.3, 0.4) is 0 Å². The number of aromatic amines is 1. The summed E-state index contributed by atoms with van der Waals surface area (Å²) in [5.74, 6) is -0.414. The number of morpholine rings is 1. The van der Waals surface area contributed by atoms with Gasteiger partial charge in [-0.05, 0) is 12.1 Å². The van der Waals surface area contributed by atoms with E-state index in [4.69, 9.17) is 4.74 Å².